The number of para-hydroxylation sites is 1. The molecule has 7 nitrogen and oxygen atoms in total. The zero-order valence-corrected chi connectivity index (χ0v) is 15.3. The van der Waals surface area contributed by atoms with Crippen molar-refractivity contribution in [2.24, 2.45) is 0 Å². The number of pyridine rings is 1. The number of amides is 3. The van der Waals surface area contributed by atoms with Gasteiger partial charge in [0.2, 0.25) is 0 Å². The monoisotopic (exact) mass is 387 g/mol. The van der Waals surface area contributed by atoms with Crippen LogP contribution in [0.2, 0.25) is 0 Å². The third kappa shape index (κ3) is 3.58. The summed E-state index contributed by atoms with van der Waals surface area (Å²) in [4.78, 5) is 44.6. The minimum absolute atomic E-state index is 0.242. The van der Waals surface area contributed by atoms with Gasteiger partial charge in [0.1, 0.15) is 6.04 Å². The third-order valence-electron chi connectivity index (χ3n) is 4.57. The van der Waals surface area contributed by atoms with Gasteiger partial charge >= 0.3 is 12.0 Å². The number of urea groups is 1. The lowest BCUT2D eigenvalue weighted by Gasteiger charge is -2.22. The van der Waals surface area contributed by atoms with Crippen molar-refractivity contribution in [3.05, 3.63) is 96.3 Å². The summed E-state index contributed by atoms with van der Waals surface area (Å²) in [5, 5.41) is 0. The first-order chi connectivity index (χ1) is 14.2. The number of aromatic nitrogens is 1. The summed E-state index contributed by atoms with van der Waals surface area (Å²) in [6.45, 7) is -0.474. The van der Waals surface area contributed by atoms with E-state index in [1.165, 1.54) is 17.3 Å². The van der Waals surface area contributed by atoms with Crippen LogP contribution in [-0.2, 0) is 9.53 Å². The maximum absolute atomic E-state index is 13.1. The molecule has 0 radical (unpaired) electrons. The van der Waals surface area contributed by atoms with E-state index in [0.717, 1.165) is 4.90 Å². The Labute approximate surface area is 167 Å². The molecule has 2 heterocycles. The number of carbonyl (C=O) groups excluding carboxylic acids is 3. The highest BCUT2D eigenvalue weighted by atomic mass is 16.5. The second-order valence-corrected chi connectivity index (χ2v) is 6.37. The van der Waals surface area contributed by atoms with Crippen LogP contribution in [0.3, 0.4) is 0 Å². The van der Waals surface area contributed by atoms with Crippen molar-refractivity contribution in [1.82, 2.24) is 9.88 Å². The summed E-state index contributed by atoms with van der Waals surface area (Å²) in [6, 6.07) is 19.7. The molecule has 1 aliphatic rings. The van der Waals surface area contributed by atoms with Crippen molar-refractivity contribution in [3.63, 3.8) is 0 Å². The van der Waals surface area contributed by atoms with Gasteiger partial charge in [0.05, 0.1) is 5.56 Å². The molecule has 1 atom stereocenters. The fourth-order valence-electron chi connectivity index (χ4n) is 3.18. The van der Waals surface area contributed by atoms with E-state index in [1.807, 2.05) is 12.1 Å². The highest BCUT2D eigenvalue weighted by Gasteiger charge is 2.47. The number of anilines is 1. The highest BCUT2D eigenvalue weighted by Crippen LogP contribution is 2.35. The summed E-state index contributed by atoms with van der Waals surface area (Å²) in [5.74, 6) is -1.11. The molecular formula is C22H17N3O4. The van der Waals surface area contributed by atoms with E-state index in [9.17, 15) is 14.4 Å². The lowest BCUT2D eigenvalue weighted by molar-refractivity contribution is -0.129. The molecule has 1 unspecified atom stereocenters. The Morgan fingerprint density at radius 2 is 1.62 bits per heavy atom. The van der Waals surface area contributed by atoms with Crippen LogP contribution < -0.4 is 4.90 Å². The Balaban J connectivity index is 1.61. The second-order valence-electron chi connectivity index (χ2n) is 6.37. The number of rotatable bonds is 5. The van der Waals surface area contributed by atoms with Gasteiger partial charge in [-0.05, 0) is 29.8 Å². The first-order valence-electron chi connectivity index (χ1n) is 8.98. The zero-order valence-electron chi connectivity index (χ0n) is 15.3. The van der Waals surface area contributed by atoms with Crippen LogP contribution in [0.5, 0.6) is 0 Å². The molecule has 0 aliphatic carbocycles. The van der Waals surface area contributed by atoms with Gasteiger partial charge in [0.15, 0.2) is 6.73 Å². The molecule has 0 spiro atoms. The van der Waals surface area contributed by atoms with Crippen LogP contribution in [0.15, 0.2) is 85.2 Å². The average molecular weight is 387 g/mol. The van der Waals surface area contributed by atoms with Crippen LogP contribution in [0.1, 0.15) is 22.0 Å². The number of nitrogens with zero attached hydrogens (tertiary/aromatic N) is 3. The first-order valence-corrected chi connectivity index (χ1v) is 8.98. The number of esters is 1. The quantitative estimate of drug-likeness (QED) is 0.495. The normalized spacial score (nSPS) is 16.2. The summed E-state index contributed by atoms with van der Waals surface area (Å²) >= 11 is 0. The summed E-state index contributed by atoms with van der Waals surface area (Å²) < 4.78 is 5.20. The Hall–Kier alpha value is -4.00. The van der Waals surface area contributed by atoms with E-state index in [2.05, 4.69) is 4.98 Å². The van der Waals surface area contributed by atoms with Crippen molar-refractivity contribution >= 4 is 23.6 Å². The lowest BCUT2D eigenvalue weighted by Crippen LogP contribution is -2.35. The fraction of sp³-hybridized carbons (Fsp3) is 0.0909. The average Bonchev–Trinajstić information content (AvgIpc) is 3.03. The Bertz CT molecular complexity index is 968. The molecule has 4 rings (SSSR count). The van der Waals surface area contributed by atoms with E-state index in [-0.39, 0.29) is 5.56 Å². The molecular weight excluding hydrogens is 370 g/mol. The molecule has 0 bridgehead atoms. The van der Waals surface area contributed by atoms with Crippen LogP contribution in [0, 0.1) is 0 Å². The zero-order chi connectivity index (χ0) is 20.2. The van der Waals surface area contributed by atoms with E-state index in [4.69, 9.17) is 4.74 Å². The van der Waals surface area contributed by atoms with Crippen LogP contribution in [0.25, 0.3) is 0 Å². The van der Waals surface area contributed by atoms with Gasteiger partial charge in [-0.3, -0.25) is 14.7 Å². The molecule has 3 aromatic rings. The van der Waals surface area contributed by atoms with Gasteiger partial charge in [-0.1, -0.05) is 48.5 Å². The Morgan fingerprint density at radius 1 is 0.931 bits per heavy atom. The fourth-order valence-corrected chi connectivity index (χ4v) is 3.18. The SMILES string of the molecule is O=C(OCN1C(=O)C(c2ccccc2)N(c2ccccc2)C1=O)c1cccnc1. The van der Waals surface area contributed by atoms with Gasteiger partial charge in [-0.15, -0.1) is 0 Å². The number of imide groups is 1. The minimum Gasteiger partial charge on any atom is -0.440 e. The van der Waals surface area contributed by atoms with E-state index in [1.54, 1.807) is 60.7 Å². The number of hydrogen-bond acceptors (Lipinski definition) is 5. The number of hydrogen-bond donors (Lipinski definition) is 0. The molecule has 1 fully saturated rings. The highest BCUT2D eigenvalue weighted by molar-refractivity contribution is 6.14. The van der Waals surface area contributed by atoms with E-state index < -0.39 is 30.7 Å². The molecule has 1 aromatic heterocycles. The summed E-state index contributed by atoms with van der Waals surface area (Å²) in [6.07, 6.45) is 2.89. The predicted molar refractivity (Wildman–Crippen MR) is 105 cm³/mol. The molecule has 7 heteroatoms. The van der Waals surface area contributed by atoms with Crippen molar-refractivity contribution in [1.29, 1.82) is 0 Å². The lowest BCUT2D eigenvalue weighted by atomic mass is 10.1. The van der Waals surface area contributed by atoms with E-state index >= 15 is 0 Å². The molecule has 2 aromatic carbocycles. The Kier molecular flexibility index (Phi) is 5.03. The molecule has 0 saturated carbocycles. The molecule has 1 saturated heterocycles. The third-order valence-corrected chi connectivity index (χ3v) is 4.57. The van der Waals surface area contributed by atoms with Crippen molar-refractivity contribution in [2.45, 2.75) is 6.04 Å². The summed E-state index contributed by atoms with van der Waals surface area (Å²) in [7, 11) is 0. The van der Waals surface area contributed by atoms with Gasteiger partial charge in [0.25, 0.3) is 5.91 Å². The van der Waals surface area contributed by atoms with Gasteiger partial charge in [-0.2, -0.15) is 0 Å². The van der Waals surface area contributed by atoms with Gasteiger partial charge in [0, 0.05) is 18.1 Å². The minimum atomic E-state index is -0.830. The number of carbonyl (C=O) groups is 3. The maximum atomic E-state index is 13.1. The van der Waals surface area contributed by atoms with Gasteiger partial charge < -0.3 is 4.74 Å². The molecule has 0 N–H and O–H groups in total. The maximum Gasteiger partial charge on any atom is 0.341 e. The molecule has 144 valence electrons. The molecule has 3 amide bonds. The number of ether oxygens (including phenoxy) is 1. The standard InChI is InChI=1S/C22H17N3O4/c26-20-19(16-8-3-1-4-9-16)25(18-11-5-2-6-12-18)22(28)24(20)15-29-21(27)17-10-7-13-23-14-17/h1-14,19H,15H2. The molecule has 1 aliphatic heterocycles. The van der Waals surface area contributed by atoms with Crippen LogP contribution in [-0.4, -0.2) is 34.5 Å². The van der Waals surface area contributed by atoms with E-state index in [0.29, 0.717) is 11.3 Å². The smallest absolute Gasteiger partial charge is 0.341 e. The topological polar surface area (TPSA) is 79.8 Å². The second kappa shape index (κ2) is 7.93. The number of benzene rings is 2. The van der Waals surface area contributed by atoms with Gasteiger partial charge in [-0.25, -0.2) is 14.5 Å². The van der Waals surface area contributed by atoms with Crippen molar-refractivity contribution in [2.75, 3.05) is 11.6 Å². The predicted octanol–water partition coefficient (Wildman–Crippen LogP) is 3.41. The largest absolute Gasteiger partial charge is 0.440 e. The first kappa shape index (κ1) is 18.4. The summed E-state index contributed by atoms with van der Waals surface area (Å²) in [5.41, 5.74) is 1.50. The van der Waals surface area contributed by atoms with Crippen molar-refractivity contribution < 1.29 is 19.1 Å². The van der Waals surface area contributed by atoms with Crippen molar-refractivity contribution in [3.8, 4) is 0 Å². The van der Waals surface area contributed by atoms with Crippen LogP contribution in [0.4, 0.5) is 10.5 Å². The Morgan fingerprint density at radius 3 is 2.28 bits per heavy atom. The molecule has 29 heavy (non-hydrogen) atoms. The van der Waals surface area contributed by atoms with Crippen LogP contribution >= 0.6 is 0 Å².